The molecule has 0 bridgehead atoms. The fourth-order valence-corrected chi connectivity index (χ4v) is 1.30. The molecule has 14 heavy (non-hydrogen) atoms. The average Bonchev–Trinajstić information content (AvgIpc) is 2.52. The average molecular weight is 190 g/mol. The molecule has 2 rings (SSSR count). The highest BCUT2D eigenvalue weighted by molar-refractivity contribution is 5.11. The molecule has 76 valence electrons. The number of ether oxygens (including phenoxy) is 1. The summed E-state index contributed by atoms with van der Waals surface area (Å²) in [6.45, 7) is 8.80. The number of aryl methyl sites for hydroxylation is 1. The van der Waals surface area contributed by atoms with Crippen molar-refractivity contribution in [3.8, 4) is 0 Å². The summed E-state index contributed by atoms with van der Waals surface area (Å²) >= 11 is 0. The molecule has 1 unspecified atom stereocenters. The van der Waals surface area contributed by atoms with Crippen LogP contribution in [0, 0.1) is 12.8 Å². The molecule has 1 aromatic rings. The lowest BCUT2D eigenvalue weighted by Gasteiger charge is -1.89. The molecule has 1 aliphatic heterocycles. The number of allylic oxidation sites excluding steroid dienone is 1. The van der Waals surface area contributed by atoms with Crippen molar-refractivity contribution in [1.29, 1.82) is 0 Å². The molecule has 0 aromatic heterocycles. The van der Waals surface area contributed by atoms with Crippen LogP contribution in [0.5, 0.6) is 0 Å². The van der Waals surface area contributed by atoms with Crippen LogP contribution in [-0.2, 0) is 4.74 Å². The van der Waals surface area contributed by atoms with Gasteiger partial charge in [0, 0.05) is 6.42 Å². The second-order valence-electron chi connectivity index (χ2n) is 3.81. The van der Waals surface area contributed by atoms with Crippen LogP contribution < -0.4 is 0 Å². The normalized spacial score (nSPS) is 19.6. The van der Waals surface area contributed by atoms with Crippen LogP contribution in [0.2, 0.25) is 0 Å². The van der Waals surface area contributed by atoms with Crippen molar-refractivity contribution in [2.24, 2.45) is 5.92 Å². The molecule has 1 aromatic carbocycles. The zero-order valence-corrected chi connectivity index (χ0v) is 8.99. The molecular weight excluding hydrogens is 172 g/mol. The third-order valence-electron chi connectivity index (χ3n) is 2.09. The highest BCUT2D eigenvalue weighted by Gasteiger charge is 2.12. The minimum absolute atomic E-state index is 0.701. The zero-order valence-electron chi connectivity index (χ0n) is 8.99. The van der Waals surface area contributed by atoms with Gasteiger partial charge in [0.05, 0.1) is 12.4 Å². The first kappa shape index (κ1) is 10.8. The van der Waals surface area contributed by atoms with Gasteiger partial charge in [-0.3, -0.25) is 0 Å². The van der Waals surface area contributed by atoms with Gasteiger partial charge in [-0.25, -0.2) is 0 Å². The third kappa shape index (κ3) is 4.13. The van der Waals surface area contributed by atoms with Crippen LogP contribution in [0.3, 0.4) is 0 Å². The quantitative estimate of drug-likeness (QED) is 0.608. The van der Waals surface area contributed by atoms with Crippen LogP contribution in [-0.4, -0.2) is 6.61 Å². The molecule has 1 nitrogen and oxygen atoms in total. The van der Waals surface area contributed by atoms with Crippen LogP contribution in [0.15, 0.2) is 42.7 Å². The Labute approximate surface area is 86.4 Å². The Morgan fingerprint density at radius 1 is 1.29 bits per heavy atom. The van der Waals surface area contributed by atoms with Gasteiger partial charge in [0.15, 0.2) is 0 Å². The largest absolute Gasteiger partial charge is 0.498 e. The van der Waals surface area contributed by atoms with E-state index in [1.807, 2.05) is 18.2 Å². The number of hydrogen-bond donors (Lipinski definition) is 0. The lowest BCUT2D eigenvalue weighted by Crippen LogP contribution is -1.88. The third-order valence-corrected chi connectivity index (χ3v) is 2.09. The molecular formula is C13H18O. The van der Waals surface area contributed by atoms with Crippen molar-refractivity contribution in [1.82, 2.24) is 0 Å². The number of benzene rings is 1. The van der Waals surface area contributed by atoms with Gasteiger partial charge >= 0.3 is 0 Å². The molecule has 0 aliphatic carbocycles. The molecule has 1 heterocycles. The first-order valence-electron chi connectivity index (χ1n) is 5.00. The van der Waals surface area contributed by atoms with Gasteiger partial charge in [-0.1, -0.05) is 49.4 Å². The molecule has 1 fully saturated rings. The van der Waals surface area contributed by atoms with Gasteiger partial charge in [0.2, 0.25) is 0 Å². The number of rotatable bonds is 0. The van der Waals surface area contributed by atoms with Gasteiger partial charge in [-0.2, -0.15) is 0 Å². The van der Waals surface area contributed by atoms with E-state index in [-0.39, 0.29) is 0 Å². The lowest BCUT2D eigenvalue weighted by molar-refractivity contribution is 0.247. The molecule has 0 spiro atoms. The number of hydrogen-bond acceptors (Lipinski definition) is 1. The zero-order chi connectivity index (χ0) is 10.4. The smallest absolute Gasteiger partial charge is 0.0906 e. The summed E-state index contributed by atoms with van der Waals surface area (Å²) in [5, 5.41) is 0. The van der Waals surface area contributed by atoms with E-state index in [0.717, 1.165) is 18.8 Å². The fraction of sp³-hybridized carbons (Fsp3) is 0.385. The molecule has 1 aliphatic rings. The predicted octanol–water partition coefficient (Wildman–Crippen LogP) is 3.55. The maximum absolute atomic E-state index is 5.07. The predicted molar refractivity (Wildman–Crippen MR) is 60.1 cm³/mol. The Hall–Kier alpha value is -1.24. The lowest BCUT2D eigenvalue weighted by atomic mass is 10.1. The Morgan fingerprint density at radius 2 is 1.93 bits per heavy atom. The van der Waals surface area contributed by atoms with Gasteiger partial charge in [-0.15, -0.1) is 0 Å². The van der Waals surface area contributed by atoms with Gasteiger partial charge in [-0.05, 0) is 12.8 Å². The fourth-order valence-electron chi connectivity index (χ4n) is 1.30. The van der Waals surface area contributed by atoms with Crippen LogP contribution in [0.1, 0.15) is 18.9 Å². The summed E-state index contributed by atoms with van der Waals surface area (Å²) in [6.07, 6.45) is 1.06. The van der Waals surface area contributed by atoms with E-state index in [0.29, 0.717) is 5.92 Å². The van der Waals surface area contributed by atoms with Crippen molar-refractivity contribution in [2.45, 2.75) is 20.3 Å². The topological polar surface area (TPSA) is 9.23 Å². The van der Waals surface area contributed by atoms with Crippen molar-refractivity contribution in [2.75, 3.05) is 6.61 Å². The van der Waals surface area contributed by atoms with E-state index in [1.165, 1.54) is 5.56 Å². The summed E-state index contributed by atoms with van der Waals surface area (Å²) in [7, 11) is 0. The van der Waals surface area contributed by atoms with E-state index in [9.17, 15) is 0 Å². The van der Waals surface area contributed by atoms with E-state index >= 15 is 0 Å². The van der Waals surface area contributed by atoms with E-state index in [4.69, 9.17) is 4.74 Å². The summed E-state index contributed by atoms with van der Waals surface area (Å²) < 4.78 is 5.07. The monoisotopic (exact) mass is 190 g/mol. The maximum atomic E-state index is 5.07. The highest BCUT2D eigenvalue weighted by atomic mass is 16.5. The van der Waals surface area contributed by atoms with Gasteiger partial charge < -0.3 is 4.74 Å². The Kier molecular flexibility index (Phi) is 4.24. The molecule has 1 atom stereocenters. The second-order valence-corrected chi connectivity index (χ2v) is 3.81. The molecule has 0 amide bonds. The molecule has 0 radical (unpaired) electrons. The standard InChI is InChI=1S/C7H8.C6H10O/c1-7-5-3-2-4-6-7;1-5-3-6(2)7-4-5/h2-6H,1H3;5H,2-4H2,1H3. The molecule has 0 saturated carbocycles. The molecule has 1 saturated heterocycles. The molecule has 0 N–H and O–H groups in total. The Balaban J connectivity index is 0.000000140. The van der Waals surface area contributed by atoms with Gasteiger partial charge in [0.25, 0.3) is 0 Å². The van der Waals surface area contributed by atoms with E-state index < -0.39 is 0 Å². The Bertz CT molecular complexity index is 277. The van der Waals surface area contributed by atoms with Crippen molar-refractivity contribution in [3.05, 3.63) is 48.2 Å². The second kappa shape index (κ2) is 5.48. The van der Waals surface area contributed by atoms with Crippen LogP contribution >= 0.6 is 0 Å². The SMILES string of the molecule is C=C1CC(C)CO1.Cc1ccccc1. The first-order valence-corrected chi connectivity index (χ1v) is 5.00. The summed E-state index contributed by atoms with van der Waals surface area (Å²) in [5.41, 5.74) is 1.32. The van der Waals surface area contributed by atoms with E-state index in [1.54, 1.807) is 0 Å². The highest BCUT2D eigenvalue weighted by Crippen LogP contribution is 2.19. The van der Waals surface area contributed by atoms with Crippen LogP contribution in [0.4, 0.5) is 0 Å². The summed E-state index contributed by atoms with van der Waals surface area (Å²) in [6, 6.07) is 10.3. The van der Waals surface area contributed by atoms with E-state index in [2.05, 4.69) is 32.6 Å². The summed E-state index contributed by atoms with van der Waals surface area (Å²) in [4.78, 5) is 0. The maximum Gasteiger partial charge on any atom is 0.0906 e. The first-order chi connectivity index (χ1) is 6.68. The molecule has 1 heteroatoms. The van der Waals surface area contributed by atoms with Crippen molar-refractivity contribution >= 4 is 0 Å². The van der Waals surface area contributed by atoms with Crippen molar-refractivity contribution in [3.63, 3.8) is 0 Å². The Morgan fingerprint density at radius 3 is 2.14 bits per heavy atom. The van der Waals surface area contributed by atoms with Crippen LogP contribution in [0.25, 0.3) is 0 Å². The minimum Gasteiger partial charge on any atom is -0.498 e. The minimum atomic E-state index is 0.701. The van der Waals surface area contributed by atoms with Gasteiger partial charge in [0.1, 0.15) is 0 Å². The van der Waals surface area contributed by atoms with Crippen molar-refractivity contribution < 1.29 is 4.74 Å². The summed E-state index contributed by atoms with van der Waals surface area (Å²) in [5.74, 6) is 1.65.